The van der Waals surface area contributed by atoms with Crippen LogP contribution >= 0.6 is 0 Å². The molecule has 0 radical (unpaired) electrons. The van der Waals surface area contributed by atoms with Crippen LogP contribution in [0.15, 0.2) is 15.1 Å². The fourth-order valence-corrected chi connectivity index (χ4v) is 2.26. The Hall–Kier alpha value is -1.78. The number of hydrogen-bond acceptors (Lipinski definition) is 5. The van der Waals surface area contributed by atoms with Gasteiger partial charge in [0.25, 0.3) is 0 Å². The van der Waals surface area contributed by atoms with Crippen LogP contribution in [0.1, 0.15) is 24.2 Å². The van der Waals surface area contributed by atoms with Gasteiger partial charge in [-0.05, 0) is 26.7 Å². The van der Waals surface area contributed by atoms with Gasteiger partial charge in [-0.15, -0.1) is 0 Å². The number of rotatable bonds is 2. The lowest BCUT2D eigenvalue weighted by Crippen LogP contribution is -2.17. The highest BCUT2D eigenvalue weighted by Crippen LogP contribution is 2.35. The number of anilines is 1. The molecule has 0 unspecified atom stereocenters. The molecule has 0 bridgehead atoms. The van der Waals surface area contributed by atoms with Crippen molar-refractivity contribution in [1.29, 1.82) is 0 Å². The van der Waals surface area contributed by atoms with Gasteiger partial charge in [0.05, 0.1) is 11.4 Å². The summed E-state index contributed by atoms with van der Waals surface area (Å²) in [6.45, 7) is 5.88. The lowest BCUT2D eigenvalue weighted by molar-refractivity contribution is 0.413. The first-order valence-corrected chi connectivity index (χ1v) is 5.90. The Morgan fingerprint density at radius 1 is 1.12 bits per heavy atom. The lowest BCUT2D eigenvalue weighted by atomic mass is 10.2. The Morgan fingerprint density at radius 3 is 2.53 bits per heavy atom. The normalized spacial score (nSPS) is 15.8. The van der Waals surface area contributed by atoms with Crippen molar-refractivity contribution in [2.24, 2.45) is 0 Å². The molecule has 3 rings (SSSR count). The van der Waals surface area contributed by atoms with Gasteiger partial charge in [-0.25, -0.2) is 0 Å². The van der Waals surface area contributed by atoms with E-state index in [0.29, 0.717) is 0 Å². The third kappa shape index (κ3) is 1.71. The molecule has 0 amide bonds. The average Bonchev–Trinajstić information content (AvgIpc) is 2.97. The van der Waals surface area contributed by atoms with Crippen molar-refractivity contribution >= 4 is 5.88 Å². The lowest BCUT2D eigenvalue weighted by Gasteiger charge is -2.13. The van der Waals surface area contributed by atoms with Crippen LogP contribution in [0.4, 0.5) is 5.88 Å². The van der Waals surface area contributed by atoms with E-state index in [2.05, 4.69) is 15.2 Å². The van der Waals surface area contributed by atoms with Crippen molar-refractivity contribution < 1.29 is 9.05 Å². The Morgan fingerprint density at radius 2 is 1.88 bits per heavy atom. The molecular weight excluding hydrogens is 218 g/mol. The highest BCUT2D eigenvalue weighted by molar-refractivity contribution is 5.73. The molecule has 5 heteroatoms. The van der Waals surface area contributed by atoms with E-state index >= 15 is 0 Å². The Kier molecular flexibility index (Phi) is 2.39. The highest BCUT2D eigenvalue weighted by Gasteiger charge is 2.25. The van der Waals surface area contributed by atoms with Crippen LogP contribution in [0.2, 0.25) is 0 Å². The maximum Gasteiger partial charge on any atom is 0.238 e. The van der Waals surface area contributed by atoms with E-state index in [1.165, 1.54) is 12.8 Å². The standard InChI is InChI=1S/C12H15N3O2/c1-8-7-10(16-13-8)11-9(2)14-17-12(11)15-5-3-4-6-15/h7H,3-6H2,1-2H3. The van der Waals surface area contributed by atoms with E-state index in [9.17, 15) is 0 Å². The van der Waals surface area contributed by atoms with Crippen LogP contribution in [0, 0.1) is 13.8 Å². The van der Waals surface area contributed by atoms with Crippen LogP contribution in [-0.4, -0.2) is 23.4 Å². The van der Waals surface area contributed by atoms with E-state index in [-0.39, 0.29) is 0 Å². The smallest absolute Gasteiger partial charge is 0.238 e. The number of hydrogen-bond donors (Lipinski definition) is 0. The summed E-state index contributed by atoms with van der Waals surface area (Å²) in [5.74, 6) is 1.55. The molecule has 0 aromatic carbocycles. The summed E-state index contributed by atoms with van der Waals surface area (Å²) in [6.07, 6.45) is 2.41. The molecule has 0 saturated carbocycles. The van der Waals surface area contributed by atoms with Crippen molar-refractivity contribution in [2.45, 2.75) is 26.7 Å². The molecular formula is C12H15N3O2. The SMILES string of the molecule is Cc1cc(-c2c(C)noc2N2CCCC2)on1. The zero-order valence-corrected chi connectivity index (χ0v) is 10.1. The van der Waals surface area contributed by atoms with Crippen LogP contribution in [-0.2, 0) is 0 Å². The minimum Gasteiger partial charge on any atom is -0.356 e. The Balaban J connectivity index is 2.05. The van der Waals surface area contributed by atoms with E-state index in [4.69, 9.17) is 9.05 Å². The minimum atomic E-state index is 0.739. The molecule has 90 valence electrons. The molecule has 1 saturated heterocycles. The summed E-state index contributed by atoms with van der Waals surface area (Å²) in [6, 6.07) is 1.92. The van der Waals surface area contributed by atoms with Gasteiger partial charge in [-0.3, -0.25) is 0 Å². The molecule has 2 aromatic rings. The van der Waals surface area contributed by atoms with Gasteiger partial charge in [0.1, 0.15) is 5.56 Å². The molecule has 0 spiro atoms. The summed E-state index contributed by atoms with van der Waals surface area (Å²) < 4.78 is 10.7. The van der Waals surface area contributed by atoms with E-state index < -0.39 is 0 Å². The Labute approximate surface area is 99.4 Å². The zero-order chi connectivity index (χ0) is 11.8. The minimum absolute atomic E-state index is 0.739. The summed E-state index contributed by atoms with van der Waals surface area (Å²) in [4.78, 5) is 2.22. The van der Waals surface area contributed by atoms with Gasteiger partial charge in [0.15, 0.2) is 5.76 Å². The summed E-state index contributed by atoms with van der Waals surface area (Å²) in [5, 5.41) is 7.96. The van der Waals surface area contributed by atoms with Gasteiger partial charge >= 0.3 is 0 Å². The largest absolute Gasteiger partial charge is 0.356 e. The molecule has 1 fully saturated rings. The third-order valence-corrected chi connectivity index (χ3v) is 3.11. The third-order valence-electron chi connectivity index (χ3n) is 3.11. The topological polar surface area (TPSA) is 55.3 Å². The molecule has 5 nitrogen and oxygen atoms in total. The maximum atomic E-state index is 5.43. The first-order valence-electron chi connectivity index (χ1n) is 5.90. The number of aryl methyl sites for hydroxylation is 2. The summed E-state index contributed by atoms with van der Waals surface area (Å²) in [7, 11) is 0. The van der Waals surface area contributed by atoms with Crippen molar-refractivity contribution in [3.05, 3.63) is 17.5 Å². The monoisotopic (exact) mass is 233 g/mol. The predicted octanol–water partition coefficient (Wildman–Crippen LogP) is 2.55. The van der Waals surface area contributed by atoms with E-state index in [1.54, 1.807) is 0 Å². The van der Waals surface area contributed by atoms with Gasteiger partial charge in [0.2, 0.25) is 5.88 Å². The second-order valence-corrected chi connectivity index (χ2v) is 4.47. The number of aromatic nitrogens is 2. The maximum absolute atomic E-state index is 5.43. The van der Waals surface area contributed by atoms with E-state index in [0.717, 1.165) is 41.7 Å². The van der Waals surface area contributed by atoms with Crippen LogP contribution in [0.3, 0.4) is 0 Å². The summed E-state index contributed by atoms with van der Waals surface area (Å²) >= 11 is 0. The predicted molar refractivity (Wildman–Crippen MR) is 62.9 cm³/mol. The molecule has 2 aromatic heterocycles. The second-order valence-electron chi connectivity index (χ2n) is 4.47. The number of nitrogens with zero attached hydrogens (tertiary/aromatic N) is 3. The van der Waals surface area contributed by atoms with Gasteiger partial charge < -0.3 is 13.9 Å². The molecule has 0 aliphatic carbocycles. The van der Waals surface area contributed by atoms with Crippen LogP contribution in [0.25, 0.3) is 11.3 Å². The average molecular weight is 233 g/mol. The van der Waals surface area contributed by atoms with E-state index in [1.807, 2.05) is 19.9 Å². The van der Waals surface area contributed by atoms with Gasteiger partial charge in [0, 0.05) is 19.2 Å². The van der Waals surface area contributed by atoms with Gasteiger partial charge in [-0.2, -0.15) is 0 Å². The molecule has 0 atom stereocenters. The molecule has 17 heavy (non-hydrogen) atoms. The fourth-order valence-electron chi connectivity index (χ4n) is 2.26. The molecule has 1 aliphatic heterocycles. The fraction of sp³-hybridized carbons (Fsp3) is 0.500. The Bertz CT molecular complexity index is 524. The first kappa shape index (κ1) is 10.4. The van der Waals surface area contributed by atoms with Crippen molar-refractivity contribution in [3.8, 4) is 11.3 Å². The van der Waals surface area contributed by atoms with Crippen LogP contribution in [0.5, 0.6) is 0 Å². The van der Waals surface area contributed by atoms with Crippen molar-refractivity contribution in [2.75, 3.05) is 18.0 Å². The molecule has 3 heterocycles. The molecule has 0 N–H and O–H groups in total. The van der Waals surface area contributed by atoms with Crippen molar-refractivity contribution in [3.63, 3.8) is 0 Å². The first-order chi connectivity index (χ1) is 8.25. The molecule has 1 aliphatic rings. The zero-order valence-electron chi connectivity index (χ0n) is 10.1. The quantitative estimate of drug-likeness (QED) is 0.797. The van der Waals surface area contributed by atoms with Gasteiger partial charge in [-0.1, -0.05) is 10.3 Å². The highest BCUT2D eigenvalue weighted by atomic mass is 16.5. The van der Waals surface area contributed by atoms with Crippen LogP contribution < -0.4 is 4.90 Å². The van der Waals surface area contributed by atoms with Crippen molar-refractivity contribution in [1.82, 2.24) is 10.3 Å². The second kappa shape index (κ2) is 3.91. The summed E-state index contributed by atoms with van der Waals surface area (Å²) in [5.41, 5.74) is 2.66.